The number of hydrogen-bond acceptors (Lipinski definition) is 6. The second-order valence-corrected chi connectivity index (χ2v) is 7.64. The summed E-state index contributed by atoms with van der Waals surface area (Å²) in [6.45, 7) is 10.2. The third kappa shape index (κ3) is 5.08. The molecule has 0 bridgehead atoms. The molecule has 1 aromatic carbocycles. The van der Waals surface area contributed by atoms with Gasteiger partial charge in [0, 0.05) is 62.3 Å². The van der Waals surface area contributed by atoms with Crippen molar-refractivity contribution in [2.45, 2.75) is 19.8 Å². The van der Waals surface area contributed by atoms with E-state index in [-0.39, 0.29) is 0 Å². The minimum atomic E-state index is 0.741. The van der Waals surface area contributed by atoms with E-state index in [0.717, 1.165) is 60.3 Å². The fourth-order valence-electron chi connectivity index (χ4n) is 3.96. The Morgan fingerprint density at radius 1 is 0.931 bits per heavy atom. The maximum Gasteiger partial charge on any atom is 0.156 e. The van der Waals surface area contributed by atoms with Gasteiger partial charge < -0.3 is 15.1 Å². The van der Waals surface area contributed by atoms with Crippen LogP contribution >= 0.6 is 0 Å². The van der Waals surface area contributed by atoms with Gasteiger partial charge in [-0.3, -0.25) is 4.98 Å². The number of piperazine rings is 1. The van der Waals surface area contributed by atoms with Gasteiger partial charge in [-0.25, -0.2) is 0 Å². The van der Waals surface area contributed by atoms with Crippen molar-refractivity contribution in [3.05, 3.63) is 60.0 Å². The highest BCUT2D eigenvalue weighted by atomic mass is 15.3. The van der Waals surface area contributed by atoms with Crippen LogP contribution in [0.15, 0.2) is 48.8 Å². The smallest absolute Gasteiger partial charge is 0.156 e. The fraction of sp³-hybridized carbons (Fsp3) is 0.435. The molecular formula is C23H30N6. The van der Waals surface area contributed by atoms with Gasteiger partial charge in [-0.2, -0.15) is 5.10 Å². The summed E-state index contributed by atoms with van der Waals surface area (Å²) in [4.78, 5) is 9.29. The van der Waals surface area contributed by atoms with Crippen molar-refractivity contribution in [2.24, 2.45) is 0 Å². The molecule has 1 saturated heterocycles. The number of nitrogens with zero attached hydrogens (tertiary/aromatic N) is 5. The molecule has 0 amide bonds. The molecule has 0 aliphatic carbocycles. The highest BCUT2D eigenvalue weighted by Crippen LogP contribution is 2.24. The van der Waals surface area contributed by atoms with E-state index in [1.165, 1.54) is 26.2 Å². The van der Waals surface area contributed by atoms with Gasteiger partial charge in [-0.15, -0.1) is 5.10 Å². The summed E-state index contributed by atoms with van der Waals surface area (Å²) in [5.41, 5.74) is 2.14. The highest BCUT2D eigenvalue weighted by Gasteiger charge is 2.15. The van der Waals surface area contributed by atoms with Crippen LogP contribution in [-0.4, -0.2) is 70.8 Å². The molecule has 0 unspecified atom stereocenters. The van der Waals surface area contributed by atoms with Crippen LogP contribution in [0.3, 0.4) is 0 Å². The van der Waals surface area contributed by atoms with Gasteiger partial charge in [0.1, 0.15) is 0 Å². The van der Waals surface area contributed by atoms with Gasteiger partial charge in [-0.05, 0) is 31.1 Å². The summed E-state index contributed by atoms with van der Waals surface area (Å²) >= 11 is 0. The molecule has 29 heavy (non-hydrogen) atoms. The lowest BCUT2D eigenvalue weighted by molar-refractivity contribution is 0.137. The maximum atomic E-state index is 4.53. The number of aromatic nitrogens is 3. The normalized spacial score (nSPS) is 15.6. The number of hydrogen-bond donors (Lipinski definition) is 1. The van der Waals surface area contributed by atoms with Crippen LogP contribution in [0.5, 0.6) is 0 Å². The Morgan fingerprint density at radius 2 is 1.72 bits per heavy atom. The molecule has 3 heterocycles. The van der Waals surface area contributed by atoms with Crippen molar-refractivity contribution in [3.8, 4) is 0 Å². The van der Waals surface area contributed by atoms with Gasteiger partial charge in [0.25, 0.3) is 0 Å². The second kappa shape index (κ2) is 9.76. The molecule has 3 aromatic rings. The number of nitrogens with one attached hydrogen (secondary N) is 1. The molecule has 0 radical (unpaired) electrons. The standard InChI is InChI=1S/C23H30N6/c1-2-28-13-15-29(16-14-28)12-6-11-25-23-21-9-4-3-8-20(21)22(26-27-23)17-19-7-5-10-24-18-19/h3-5,7-10,18H,2,6,11-17H2,1H3,(H,25,27). The van der Waals surface area contributed by atoms with E-state index in [1.54, 1.807) is 6.20 Å². The minimum Gasteiger partial charge on any atom is -0.368 e. The summed E-state index contributed by atoms with van der Waals surface area (Å²) in [6.07, 6.45) is 5.54. The molecule has 152 valence electrons. The summed E-state index contributed by atoms with van der Waals surface area (Å²) in [6, 6.07) is 12.4. The molecule has 0 saturated carbocycles. The molecule has 0 spiro atoms. The summed E-state index contributed by atoms with van der Waals surface area (Å²) in [5.74, 6) is 0.881. The van der Waals surface area contributed by atoms with E-state index in [0.29, 0.717) is 0 Å². The molecule has 1 N–H and O–H groups in total. The summed E-state index contributed by atoms with van der Waals surface area (Å²) in [7, 11) is 0. The first-order valence-corrected chi connectivity index (χ1v) is 10.7. The number of rotatable bonds is 8. The molecule has 0 atom stereocenters. The molecule has 6 heteroatoms. The zero-order valence-corrected chi connectivity index (χ0v) is 17.2. The zero-order valence-electron chi connectivity index (χ0n) is 17.2. The Kier molecular flexibility index (Phi) is 6.64. The molecule has 1 fully saturated rings. The average molecular weight is 391 g/mol. The lowest BCUT2D eigenvalue weighted by atomic mass is 10.1. The third-order valence-electron chi connectivity index (χ3n) is 5.71. The molecule has 4 rings (SSSR count). The van der Waals surface area contributed by atoms with Crippen molar-refractivity contribution in [1.82, 2.24) is 25.0 Å². The Labute approximate surface area is 173 Å². The van der Waals surface area contributed by atoms with Gasteiger partial charge >= 0.3 is 0 Å². The van der Waals surface area contributed by atoms with E-state index in [9.17, 15) is 0 Å². The first-order chi connectivity index (χ1) is 14.3. The van der Waals surface area contributed by atoms with Crippen molar-refractivity contribution in [2.75, 3.05) is 51.1 Å². The van der Waals surface area contributed by atoms with Gasteiger partial charge in [0.05, 0.1) is 5.69 Å². The van der Waals surface area contributed by atoms with E-state index >= 15 is 0 Å². The van der Waals surface area contributed by atoms with E-state index in [1.807, 2.05) is 12.3 Å². The predicted molar refractivity (Wildman–Crippen MR) is 118 cm³/mol. The second-order valence-electron chi connectivity index (χ2n) is 7.64. The van der Waals surface area contributed by atoms with Crippen LogP contribution in [0.1, 0.15) is 24.6 Å². The van der Waals surface area contributed by atoms with Gasteiger partial charge in [-0.1, -0.05) is 37.3 Å². The largest absolute Gasteiger partial charge is 0.368 e. The van der Waals surface area contributed by atoms with Crippen LogP contribution in [0.25, 0.3) is 10.8 Å². The Morgan fingerprint density at radius 3 is 2.48 bits per heavy atom. The van der Waals surface area contributed by atoms with Crippen LogP contribution in [-0.2, 0) is 6.42 Å². The summed E-state index contributed by atoms with van der Waals surface area (Å²) < 4.78 is 0. The fourth-order valence-corrected chi connectivity index (χ4v) is 3.96. The monoisotopic (exact) mass is 390 g/mol. The molecule has 2 aromatic heterocycles. The topological polar surface area (TPSA) is 57.2 Å². The molecule has 6 nitrogen and oxygen atoms in total. The first-order valence-electron chi connectivity index (χ1n) is 10.7. The summed E-state index contributed by atoms with van der Waals surface area (Å²) in [5, 5.41) is 14.8. The Hall–Kier alpha value is -2.57. The number of benzene rings is 1. The Balaban J connectivity index is 1.36. The van der Waals surface area contributed by atoms with E-state index in [2.05, 4.69) is 67.6 Å². The highest BCUT2D eigenvalue weighted by molar-refractivity contribution is 5.93. The molecular weight excluding hydrogens is 360 g/mol. The average Bonchev–Trinajstić information content (AvgIpc) is 2.79. The number of anilines is 1. The van der Waals surface area contributed by atoms with E-state index < -0.39 is 0 Å². The van der Waals surface area contributed by atoms with Crippen LogP contribution in [0.2, 0.25) is 0 Å². The number of likely N-dealkylation sites (N-methyl/N-ethyl adjacent to an activating group) is 1. The predicted octanol–water partition coefficient (Wildman–Crippen LogP) is 3.06. The lowest BCUT2D eigenvalue weighted by Gasteiger charge is -2.34. The van der Waals surface area contributed by atoms with E-state index in [4.69, 9.17) is 0 Å². The van der Waals surface area contributed by atoms with Crippen molar-refractivity contribution < 1.29 is 0 Å². The van der Waals surface area contributed by atoms with Crippen LogP contribution in [0, 0.1) is 0 Å². The minimum absolute atomic E-state index is 0.741. The molecule has 1 aliphatic heterocycles. The van der Waals surface area contributed by atoms with Crippen molar-refractivity contribution in [3.63, 3.8) is 0 Å². The number of fused-ring (bicyclic) bond motifs is 1. The first kappa shape index (κ1) is 19.7. The zero-order chi connectivity index (χ0) is 19.9. The SMILES string of the molecule is CCN1CCN(CCCNc2nnc(Cc3cccnc3)c3ccccc23)CC1. The van der Waals surface area contributed by atoms with Gasteiger partial charge in [0.2, 0.25) is 0 Å². The Bertz CT molecular complexity index is 906. The third-order valence-corrected chi connectivity index (χ3v) is 5.71. The lowest BCUT2D eigenvalue weighted by Crippen LogP contribution is -2.46. The molecule has 1 aliphatic rings. The van der Waals surface area contributed by atoms with Crippen LogP contribution < -0.4 is 5.32 Å². The van der Waals surface area contributed by atoms with Crippen LogP contribution in [0.4, 0.5) is 5.82 Å². The number of pyridine rings is 1. The van der Waals surface area contributed by atoms with Crippen molar-refractivity contribution in [1.29, 1.82) is 0 Å². The van der Waals surface area contributed by atoms with Crippen molar-refractivity contribution >= 4 is 16.6 Å². The van der Waals surface area contributed by atoms with Gasteiger partial charge in [0.15, 0.2) is 5.82 Å². The maximum absolute atomic E-state index is 4.53. The quantitative estimate of drug-likeness (QED) is 0.597.